The smallest absolute Gasteiger partial charge is 1.00 e. The molecule has 18 heavy (non-hydrogen) atoms. The minimum absolute atomic E-state index is 0. The van der Waals surface area contributed by atoms with Crippen molar-refractivity contribution in [2.24, 2.45) is 0 Å². The molecule has 0 aliphatic heterocycles. The van der Waals surface area contributed by atoms with E-state index in [4.69, 9.17) is 0 Å². The Bertz CT molecular complexity index is 741. The minimum atomic E-state index is -0.208. The third kappa shape index (κ3) is 2.17. The van der Waals surface area contributed by atoms with E-state index < -0.39 is 0 Å². The second-order valence-electron chi connectivity index (χ2n) is 3.60. The molecule has 0 spiro atoms. The van der Waals surface area contributed by atoms with Gasteiger partial charge in [-0.25, -0.2) is 4.98 Å². The molecule has 3 rings (SSSR count). The molecule has 86 valence electrons. The fraction of sp³-hybridized carbons (Fsp3) is 0.100. The zero-order chi connectivity index (χ0) is 11.8. The monoisotopic (exact) mass is 268 g/mol. The Morgan fingerprint density at radius 3 is 3.00 bits per heavy atom. The number of aromatic nitrogens is 6. The number of tetrazole rings is 1. The molecule has 0 bridgehead atoms. The van der Waals surface area contributed by atoms with Crippen molar-refractivity contribution in [3.8, 4) is 11.4 Å². The SMILES string of the molecule is Cc1cccn2c(=O)c(-c3nn[nH]n3)cnc12.[H-].[K+]. The van der Waals surface area contributed by atoms with Gasteiger partial charge in [-0.1, -0.05) is 6.07 Å². The molecular weight excluding hydrogens is 259 g/mol. The van der Waals surface area contributed by atoms with Gasteiger partial charge in [-0.15, -0.1) is 10.2 Å². The summed E-state index contributed by atoms with van der Waals surface area (Å²) in [5, 5.41) is 13.3. The van der Waals surface area contributed by atoms with Crippen molar-refractivity contribution >= 4 is 5.65 Å². The molecule has 3 aromatic rings. The van der Waals surface area contributed by atoms with Crippen molar-refractivity contribution in [3.05, 3.63) is 40.4 Å². The fourth-order valence-electron chi connectivity index (χ4n) is 1.68. The van der Waals surface area contributed by atoms with Gasteiger partial charge in [-0.3, -0.25) is 9.20 Å². The maximum Gasteiger partial charge on any atom is 1.00 e. The summed E-state index contributed by atoms with van der Waals surface area (Å²) in [6.45, 7) is 1.90. The first-order chi connectivity index (χ1) is 8.27. The molecule has 8 heteroatoms. The van der Waals surface area contributed by atoms with E-state index in [1.54, 1.807) is 12.3 Å². The van der Waals surface area contributed by atoms with Crippen LogP contribution in [-0.2, 0) is 0 Å². The van der Waals surface area contributed by atoms with E-state index in [2.05, 4.69) is 25.6 Å². The summed E-state index contributed by atoms with van der Waals surface area (Å²) in [5.41, 5.74) is 1.68. The summed E-state index contributed by atoms with van der Waals surface area (Å²) >= 11 is 0. The normalized spacial score (nSPS) is 10.3. The Morgan fingerprint density at radius 2 is 2.28 bits per heavy atom. The van der Waals surface area contributed by atoms with Crippen LogP contribution in [-0.4, -0.2) is 30.0 Å². The zero-order valence-corrected chi connectivity index (χ0v) is 13.1. The quantitative estimate of drug-likeness (QED) is 0.485. The van der Waals surface area contributed by atoms with Gasteiger partial charge in [0, 0.05) is 12.4 Å². The van der Waals surface area contributed by atoms with Crippen LogP contribution in [0.2, 0.25) is 0 Å². The number of aromatic amines is 1. The van der Waals surface area contributed by atoms with Gasteiger partial charge in [0.05, 0.1) is 0 Å². The number of fused-ring (bicyclic) bond motifs is 1. The van der Waals surface area contributed by atoms with Crippen molar-refractivity contribution < 1.29 is 52.8 Å². The summed E-state index contributed by atoms with van der Waals surface area (Å²) in [6.07, 6.45) is 3.14. The van der Waals surface area contributed by atoms with Crippen LogP contribution in [0.15, 0.2) is 29.3 Å². The molecule has 0 aliphatic rings. The third-order valence-corrected chi connectivity index (χ3v) is 2.51. The molecule has 0 radical (unpaired) electrons. The second-order valence-corrected chi connectivity index (χ2v) is 3.60. The molecule has 0 aliphatic carbocycles. The minimum Gasteiger partial charge on any atom is -1.00 e. The molecule has 0 aromatic carbocycles. The van der Waals surface area contributed by atoms with E-state index in [-0.39, 0.29) is 64.2 Å². The maximum absolute atomic E-state index is 12.2. The Labute approximate surface area is 146 Å². The largest absolute Gasteiger partial charge is 1.00 e. The van der Waals surface area contributed by atoms with Crippen molar-refractivity contribution in [3.63, 3.8) is 0 Å². The summed E-state index contributed by atoms with van der Waals surface area (Å²) in [6, 6.07) is 3.70. The van der Waals surface area contributed by atoms with Crippen LogP contribution in [0.3, 0.4) is 0 Å². The van der Waals surface area contributed by atoms with Crippen LogP contribution in [0.4, 0.5) is 0 Å². The number of nitrogens with one attached hydrogen (secondary N) is 1. The van der Waals surface area contributed by atoms with Crippen molar-refractivity contribution in [1.29, 1.82) is 0 Å². The van der Waals surface area contributed by atoms with Crippen molar-refractivity contribution in [1.82, 2.24) is 30.0 Å². The van der Waals surface area contributed by atoms with Gasteiger partial charge in [0.1, 0.15) is 11.2 Å². The number of rotatable bonds is 1. The molecule has 0 atom stereocenters. The summed E-state index contributed by atoms with van der Waals surface area (Å²) in [5.74, 6) is 0.249. The van der Waals surface area contributed by atoms with Crippen LogP contribution < -0.4 is 56.9 Å². The van der Waals surface area contributed by atoms with Gasteiger partial charge in [0.25, 0.3) is 5.56 Å². The number of nitrogens with zero attached hydrogens (tertiary/aromatic N) is 5. The molecule has 0 saturated heterocycles. The van der Waals surface area contributed by atoms with E-state index in [0.717, 1.165) is 5.56 Å². The Balaban J connectivity index is 0.000000902. The summed E-state index contributed by atoms with van der Waals surface area (Å²) in [4.78, 5) is 16.4. The van der Waals surface area contributed by atoms with E-state index in [9.17, 15) is 4.79 Å². The summed E-state index contributed by atoms with van der Waals surface area (Å²) < 4.78 is 1.47. The molecule has 3 aromatic heterocycles. The van der Waals surface area contributed by atoms with E-state index in [1.165, 1.54) is 10.6 Å². The fourth-order valence-corrected chi connectivity index (χ4v) is 1.68. The predicted octanol–water partition coefficient (Wildman–Crippen LogP) is -2.70. The average molecular weight is 268 g/mol. The first-order valence-corrected chi connectivity index (χ1v) is 4.98. The van der Waals surface area contributed by atoms with Gasteiger partial charge in [-0.2, -0.15) is 5.21 Å². The van der Waals surface area contributed by atoms with Crippen LogP contribution in [0.1, 0.15) is 6.99 Å². The molecule has 0 saturated carbocycles. The van der Waals surface area contributed by atoms with Gasteiger partial charge in [0.2, 0.25) is 5.82 Å². The summed E-state index contributed by atoms with van der Waals surface area (Å²) in [7, 11) is 0. The van der Waals surface area contributed by atoms with E-state index in [0.29, 0.717) is 11.2 Å². The molecule has 0 amide bonds. The molecule has 1 N–H and O–H groups in total. The van der Waals surface area contributed by atoms with Crippen LogP contribution in [0, 0.1) is 6.92 Å². The van der Waals surface area contributed by atoms with Crippen LogP contribution >= 0.6 is 0 Å². The Hall–Kier alpha value is -0.934. The topological polar surface area (TPSA) is 88.8 Å². The van der Waals surface area contributed by atoms with Gasteiger partial charge < -0.3 is 1.43 Å². The van der Waals surface area contributed by atoms with Gasteiger partial charge in [-0.05, 0) is 23.8 Å². The van der Waals surface area contributed by atoms with Gasteiger partial charge in [0.15, 0.2) is 0 Å². The first kappa shape index (κ1) is 13.5. The second kappa shape index (κ2) is 5.37. The first-order valence-electron chi connectivity index (χ1n) is 4.98. The Morgan fingerprint density at radius 1 is 1.44 bits per heavy atom. The van der Waals surface area contributed by atoms with E-state index in [1.807, 2.05) is 13.0 Å². The van der Waals surface area contributed by atoms with E-state index >= 15 is 0 Å². The van der Waals surface area contributed by atoms with Crippen LogP contribution in [0.25, 0.3) is 17.0 Å². The number of hydrogen-bond donors (Lipinski definition) is 1. The third-order valence-electron chi connectivity index (χ3n) is 2.51. The van der Waals surface area contributed by atoms with Gasteiger partial charge >= 0.3 is 51.4 Å². The molecular formula is C10H9KN6O. The maximum atomic E-state index is 12.2. The Kier molecular flexibility index (Phi) is 4.02. The molecule has 7 nitrogen and oxygen atoms in total. The van der Waals surface area contributed by atoms with Crippen LogP contribution in [0.5, 0.6) is 0 Å². The average Bonchev–Trinajstić information content (AvgIpc) is 2.84. The number of hydrogen-bond acceptors (Lipinski definition) is 5. The predicted molar refractivity (Wildman–Crippen MR) is 60.5 cm³/mol. The number of aryl methyl sites for hydroxylation is 1. The standard InChI is InChI=1S/C10H8N6O.K.H/c1-6-3-2-4-16-9(6)11-5-7(10(16)17)8-12-14-15-13-8;;/h2-5H,1H3,(H,12,13,14,15);;/q;+1;-1. The van der Waals surface area contributed by atoms with Crippen molar-refractivity contribution in [2.75, 3.05) is 0 Å². The number of pyridine rings is 1. The molecule has 0 unspecified atom stereocenters. The number of H-pyrrole nitrogens is 1. The van der Waals surface area contributed by atoms with Crippen molar-refractivity contribution in [2.45, 2.75) is 6.92 Å². The molecule has 3 heterocycles. The molecule has 0 fully saturated rings. The zero-order valence-electron chi connectivity index (χ0n) is 11.0.